The summed E-state index contributed by atoms with van der Waals surface area (Å²) in [6.07, 6.45) is 1.79. The molecule has 3 nitrogen and oxygen atoms in total. The monoisotopic (exact) mass is 297 g/mol. The molecular weight excluding hydrogens is 282 g/mol. The first-order valence-corrected chi connectivity index (χ1v) is 6.68. The average molecular weight is 298 g/mol. The third kappa shape index (κ3) is 3.00. The van der Waals surface area contributed by atoms with Gasteiger partial charge < -0.3 is 9.64 Å². The average Bonchev–Trinajstić information content (AvgIpc) is 2.84. The molecule has 1 unspecified atom stereocenters. The first kappa shape index (κ1) is 12.4. The number of carbonyl (C=O) groups is 1. The topological polar surface area (TPSA) is 29.5 Å². The minimum Gasteiger partial charge on any atom is -0.480 e. The first-order chi connectivity index (χ1) is 8.18. The summed E-state index contributed by atoms with van der Waals surface area (Å²) in [7, 11) is 0. The molecule has 92 valence electrons. The summed E-state index contributed by atoms with van der Waals surface area (Å²) in [5.74, 6) is 0.797. The number of hydrogen-bond donors (Lipinski definition) is 0. The first-order valence-electron chi connectivity index (χ1n) is 5.88. The lowest BCUT2D eigenvalue weighted by Crippen LogP contribution is -2.38. The number of rotatable bonds is 3. The van der Waals surface area contributed by atoms with E-state index in [9.17, 15) is 4.79 Å². The van der Waals surface area contributed by atoms with Crippen LogP contribution in [0.2, 0.25) is 0 Å². The van der Waals surface area contributed by atoms with Crippen LogP contribution in [0.25, 0.3) is 0 Å². The molecule has 0 N–H and O–H groups in total. The highest BCUT2D eigenvalue weighted by Gasteiger charge is 2.24. The molecule has 1 heterocycles. The third-order valence-corrected chi connectivity index (χ3v) is 3.56. The second-order valence-electron chi connectivity index (χ2n) is 4.22. The number of ether oxygens (including phenoxy) is 1. The summed E-state index contributed by atoms with van der Waals surface area (Å²) in [6.45, 7) is 3.53. The van der Waals surface area contributed by atoms with Gasteiger partial charge in [-0.3, -0.25) is 4.79 Å². The van der Waals surface area contributed by atoms with Crippen molar-refractivity contribution < 1.29 is 9.53 Å². The fraction of sp³-hybridized carbons (Fsp3) is 0.462. The van der Waals surface area contributed by atoms with E-state index in [1.807, 2.05) is 29.2 Å². The van der Waals surface area contributed by atoms with Gasteiger partial charge in [0.05, 0.1) is 4.47 Å². The minimum atomic E-state index is -0.424. The smallest absolute Gasteiger partial charge is 0.263 e. The Balaban J connectivity index is 1.99. The summed E-state index contributed by atoms with van der Waals surface area (Å²) < 4.78 is 6.56. The Morgan fingerprint density at radius 1 is 1.35 bits per heavy atom. The van der Waals surface area contributed by atoms with Crippen LogP contribution >= 0.6 is 15.9 Å². The predicted molar refractivity (Wildman–Crippen MR) is 70.0 cm³/mol. The van der Waals surface area contributed by atoms with E-state index in [0.29, 0.717) is 5.75 Å². The molecule has 0 aliphatic carbocycles. The normalized spacial score (nSPS) is 16.9. The maximum Gasteiger partial charge on any atom is 0.263 e. The molecule has 1 aromatic carbocycles. The van der Waals surface area contributed by atoms with Crippen LogP contribution in [0.5, 0.6) is 5.75 Å². The molecule has 1 saturated heterocycles. The van der Waals surface area contributed by atoms with E-state index in [0.717, 1.165) is 30.4 Å². The van der Waals surface area contributed by atoms with Crippen LogP contribution in [0.3, 0.4) is 0 Å². The number of likely N-dealkylation sites (tertiary alicyclic amines) is 1. The third-order valence-electron chi connectivity index (χ3n) is 2.91. The van der Waals surface area contributed by atoms with Crippen LogP contribution in [0.1, 0.15) is 19.8 Å². The number of hydrogen-bond acceptors (Lipinski definition) is 2. The van der Waals surface area contributed by atoms with Gasteiger partial charge in [-0.1, -0.05) is 12.1 Å². The van der Waals surface area contributed by atoms with Gasteiger partial charge in [-0.15, -0.1) is 0 Å². The van der Waals surface area contributed by atoms with Crippen molar-refractivity contribution >= 4 is 21.8 Å². The van der Waals surface area contributed by atoms with Crippen molar-refractivity contribution in [2.75, 3.05) is 13.1 Å². The molecule has 1 atom stereocenters. The summed E-state index contributed by atoms with van der Waals surface area (Å²) in [4.78, 5) is 13.9. The highest BCUT2D eigenvalue weighted by Crippen LogP contribution is 2.25. The SMILES string of the molecule is CC(Oc1ccccc1Br)C(=O)N1CCCC1. The molecule has 4 heteroatoms. The van der Waals surface area contributed by atoms with E-state index in [2.05, 4.69) is 15.9 Å². The van der Waals surface area contributed by atoms with E-state index in [-0.39, 0.29) is 5.91 Å². The Hall–Kier alpha value is -1.03. The van der Waals surface area contributed by atoms with Gasteiger partial charge >= 0.3 is 0 Å². The Morgan fingerprint density at radius 2 is 2.00 bits per heavy atom. The van der Waals surface area contributed by atoms with E-state index >= 15 is 0 Å². The molecule has 1 aliphatic rings. The molecule has 0 bridgehead atoms. The highest BCUT2D eigenvalue weighted by molar-refractivity contribution is 9.10. The van der Waals surface area contributed by atoms with Crippen molar-refractivity contribution in [1.82, 2.24) is 4.90 Å². The summed E-state index contributed by atoms with van der Waals surface area (Å²) in [5, 5.41) is 0. The van der Waals surface area contributed by atoms with Crippen molar-refractivity contribution in [1.29, 1.82) is 0 Å². The lowest BCUT2D eigenvalue weighted by Gasteiger charge is -2.21. The number of nitrogens with zero attached hydrogens (tertiary/aromatic N) is 1. The molecule has 0 saturated carbocycles. The second kappa shape index (κ2) is 5.54. The fourth-order valence-corrected chi connectivity index (χ4v) is 2.35. The molecule has 1 amide bonds. The van der Waals surface area contributed by atoms with Crippen LogP contribution in [0.4, 0.5) is 0 Å². The van der Waals surface area contributed by atoms with E-state index < -0.39 is 6.10 Å². The molecule has 1 aliphatic heterocycles. The zero-order valence-electron chi connectivity index (χ0n) is 9.86. The number of amides is 1. The van der Waals surface area contributed by atoms with Crippen molar-refractivity contribution in [3.05, 3.63) is 28.7 Å². The second-order valence-corrected chi connectivity index (χ2v) is 5.08. The summed E-state index contributed by atoms with van der Waals surface area (Å²) in [5.41, 5.74) is 0. The van der Waals surface area contributed by atoms with Crippen molar-refractivity contribution in [2.24, 2.45) is 0 Å². The Bertz CT molecular complexity index is 402. The van der Waals surface area contributed by atoms with Crippen molar-refractivity contribution in [3.63, 3.8) is 0 Å². The van der Waals surface area contributed by atoms with Crippen LogP contribution in [0, 0.1) is 0 Å². The van der Waals surface area contributed by atoms with Gasteiger partial charge in [0.25, 0.3) is 5.91 Å². The molecule has 0 aromatic heterocycles. The highest BCUT2D eigenvalue weighted by atomic mass is 79.9. The predicted octanol–water partition coefficient (Wildman–Crippen LogP) is 2.84. The van der Waals surface area contributed by atoms with Gasteiger partial charge in [0, 0.05) is 13.1 Å². The van der Waals surface area contributed by atoms with Crippen LogP contribution in [-0.4, -0.2) is 30.0 Å². The van der Waals surface area contributed by atoms with Crippen molar-refractivity contribution in [3.8, 4) is 5.75 Å². The summed E-state index contributed by atoms with van der Waals surface area (Å²) in [6, 6.07) is 7.58. The Morgan fingerprint density at radius 3 is 2.65 bits per heavy atom. The van der Waals surface area contributed by atoms with E-state index in [4.69, 9.17) is 4.74 Å². The maximum absolute atomic E-state index is 12.0. The van der Waals surface area contributed by atoms with Gasteiger partial charge in [0.1, 0.15) is 5.75 Å². The molecule has 2 rings (SSSR count). The van der Waals surface area contributed by atoms with E-state index in [1.165, 1.54) is 0 Å². The Labute approximate surface area is 110 Å². The number of para-hydroxylation sites is 1. The molecule has 0 spiro atoms. The van der Waals surface area contributed by atoms with Crippen LogP contribution in [-0.2, 0) is 4.79 Å². The van der Waals surface area contributed by atoms with Crippen LogP contribution < -0.4 is 4.74 Å². The van der Waals surface area contributed by atoms with Gasteiger partial charge in [-0.25, -0.2) is 0 Å². The largest absolute Gasteiger partial charge is 0.480 e. The zero-order chi connectivity index (χ0) is 12.3. The quantitative estimate of drug-likeness (QED) is 0.859. The summed E-state index contributed by atoms with van der Waals surface area (Å²) >= 11 is 3.41. The number of carbonyl (C=O) groups excluding carboxylic acids is 1. The van der Waals surface area contributed by atoms with Gasteiger partial charge in [0.15, 0.2) is 6.10 Å². The lowest BCUT2D eigenvalue weighted by atomic mass is 10.3. The van der Waals surface area contributed by atoms with Gasteiger partial charge in [0.2, 0.25) is 0 Å². The van der Waals surface area contributed by atoms with Crippen molar-refractivity contribution in [2.45, 2.75) is 25.9 Å². The van der Waals surface area contributed by atoms with Crippen LogP contribution in [0.15, 0.2) is 28.7 Å². The Kier molecular flexibility index (Phi) is 4.05. The molecule has 1 fully saturated rings. The minimum absolute atomic E-state index is 0.0817. The number of benzene rings is 1. The molecule has 1 aromatic rings. The standard InChI is InChI=1S/C13H16BrNO2/c1-10(13(16)15-8-4-5-9-15)17-12-7-3-2-6-11(12)14/h2-3,6-7,10H,4-5,8-9H2,1H3. The molecule has 0 radical (unpaired) electrons. The lowest BCUT2D eigenvalue weighted by molar-refractivity contribution is -0.136. The van der Waals surface area contributed by atoms with Gasteiger partial charge in [-0.05, 0) is 47.8 Å². The molecular formula is C13H16BrNO2. The fourth-order valence-electron chi connectivity index (χ4n) is 1.98. The molecule has 17 heavy (non-hydrogen) atoms. The zero-order valence-corrected chi connectivity index (χ0v) is 11.4. The van der Waals surface area contributed by atoms with E-state index in [1.54, 1.807) is 6.92 Å². The number of halogens is 1. The van der Waals surface area contributed by atoms with Gasteiger partial charge in [-0.2, -0.15) is 0 Å². The maximum atomic E-state index is 12.0.